The van der Waals surface area contributed by atoms with Crippen LogP contribution in [0.1, 0.15) is 36.7 Å². The van der Waals surface area contributed by atoms with Crippen LogP contribution in [-0.2, 0) is 6.61 Å². The smallest absolute Gasteiger partial charge is 0.282 e. The van der Waals surface area contributed by atoms with E-state index in [2.05, 4.69) is 26.0 Å². The van der Waals surface area contributed by atoms with Crippen molar-refractivity contribution >= 4 is 67.9 Å². The number of fused-ring (bicyclic) bond motifs is 1. The van der Waals surface area contributed by atoms with Gasteiger partial charge in [0, 0.05) is 42.7 Å². The van der Waals surface area contributed by atoms with Gasteiger partial charge in [-0.05, 0) is 36.4 Å². The highest BCUT2D eigenvalue weighted by Gasteiger charge is 2.16. The molecule has 0 atom stereocenters. The van der Waals surface area contributed by atoms with Crippen LogP contribution in [0.25, 0.3) is 10.9 Å². The fraction of sp³-hybridized carbons (Fsp3) is 0.192. The molecule has 0 fully saturated rings. The molecule has 0 aliphatic heterocycles. The van der Waals surface area contributed by atoms with Gasteiger partial charge in [0.2, 0.25) is 0 Å². The van der Waals surface area contributed by atoms with Crippen molar-refractivity contribution in [2.24, 2.45) is 5.10 Å². The molecule has 0 radical (unpaired) electrons. The van der Waals surface area contributed by atoms with Crippen LogP contribution < -0.4 is 15.0 Å². The van der Waals surface area contributed by atoms with Crippen molar-refractivity contribution in [3.05, 3.63) is 95.4 Å². The fourth-order valence-electron chi connectivity index (χ4n) is 3.55. The summed E-state index contributed by atoms with van der Waals surface area (Å²) >= 11 is 22.1. The fourth-order valence-corrected chi connectivity index (χ4v) is 4.59. The minimum absolute atomic E-state index is 0.0560. The lowest BCUT2D eigenvalue weighted by atomic mass is 10.2. The minimum Gasteiger partial charge on any atom is -0.493 e. The lowest BCUT2D eigenvalue weighted by molar-refractivity contribution is 0.284. The third-order valence-electron chi connectivity index (χ3n) is 5.32. The summed E-state index contributed by atoms with van der Waals surface area (Å²) in [6, 6.07) is 13.9. The first-order valence-corrected chi connectivity index (χ1v) is 12.8. The van der Waals surface area contributed by atoms with Gasteiger partial charge in [-0.3, -0.25) is 4.79 Å². The molecule has 0 amide bonds. The first-order valence-electron chi connectivity index (χ1n) is 10.9. The van der Waals surface area contributed by atoms with Crippen molar-refractivity contribution in [1.29, 1.82) is 0 Å². The van der Waals surface area contributed by atoms with Crippen molar-refractivity contribution in [2.45, 2.75) is 26.4 Å². The summed E-state index contributed by atoms with van der Waals surface area (Å²) < 4.78 is 13.7. The van der Waals surface area contributed by atoms with Crippen LogP contribution in [0.4, 0.5) is 0 Å². The van der Waals surface area contributed by atoms with E-state index in [-0.39, 0.29) is 18.1 Å². The largest absolute Gasteiger partial charge is 0.493 e. The van der Waals surface area contributed by atoms with Gasteiger partial charge in [-0.1, -0.05) is 70.6 Å². The van der Waals surface area contributed by atoms with Crippen LogP contribution in [0.2, 0.25) is 15.1 Å². The molecule has 36 heavy (non-hydrogen) atoms. The highest BCUT2D eigenvalue weighted by Crippen LogP contribution is 2.35. The summed E-state index contributed by atoms with van der Waals surface area (Å²) in [6.45, 7) is 4.05. The molecule has 0 saturated carbocycles. The Morgan fingerprint density at radius 3 is 2.56 bits per heavy atom. The van der Waals surface area contributed by atoms with Crippen molar-refractivity contribution in [2.75, 3.05) is 7.11 Å². The van der Waals surface area contributed by atoms with Gasteiger partial charge < -0.3 is 9.47 Å². The maximum absolute atomic E-state index is 13.4. The van der Waals surface area contributed by atoms with Crippen molar-refractivity contribution in [3.63, 3.8) is 0 Å². The molecule has 1 aromatic heterocycles. The van der Waals surface area contributed by atoms with Gasteiger partial charge >= 0.3 is 0 Å². The summed E-state index contributed by atoms with van der Waals surface area (Å²) in [5.41, 5.74) is 1.57. The zero-order chi connectivity index (χ0) is 26.0. The monoisotopic (exact) mass is 607 g/mol. The maximum Gasteiger partial charge on any atom is 0.282 e. The molecular formula is C26H21BrCl3N3O3. The molecule has 1 heterocycles. The molecule has 186 valence electrons. The molecule has 3 aromatic carbocycles. The Balaban J connectivity index is 1.79. The van der Waals surface area contributed by atoms with Gasteiger partial charge in [0.15, 0.2) is 11.5 Å². The average molecular weight is 610 g/mol. The Morgan fingerprint density at radius 1 is 1.08 bits per heavy atom. The summed E-state index contributed by atoms with van der Waals surface area (Å²) in [6.07, 6.45) is 1.51. The lowest BCUT2D eigenvalue weighted by Gasteiger charge is -2.15. The van der Waals surface area contributed by atoms with Gasteiger partial charge in [0.25, 0.3) is 5.56 Å². The van der Waals surface area contributed by atoms with Gasteiger partial charge in [0.05, 0.1) is 24.2 Å². The first kappa shape index (κ1) is 26.5. The van der Waals surface area contributed by atoms with Gasteiger partial charge in [-0.15, -0.1) is 0 Å². The molecule has 0 unspecified atom stereocenters. The van der Waals surface area contributed by atoms with Gasteiger partial charge in [-0.25, -0.2) is 4.98 Å². The number of hydrogen-bond acceptors (Lipinski definition) is 5. The quantitative estimate of drug-likeness (QED) is 0.201. The maximum atomic E-state index is 13.4. The Labute approximate surface area is 231 Å². The SMILES string of the molecule is COc1cc(Cl)cc(C=Nn2c(C(C)C)nc3ccc(Br)cc3c2=O)c1OCc1ccc(Cl)cc1Cl. The van der Waals surface area contributed by atoms with E-state index in [1.54, 1.807) is 42.5 Å². The second kappa shape index (κ2) is 11.2. The second-order valence-electron chi connectivity index (χ2n) is 8.20. The second-order valence-corrected chi connectivity index (χ2v) is 10.4. The van der Waals surface area contributed by atoms with Crippen molar-refractivity contribution in [1.82, 2.24) is 9.66 Å². The van der Waals surface area contributed by atoms with E-state index in [0.717, 1.165) is 10.0 Å². The molecule has 0 N–H and O–H groups in total. The Hall–Kier alpha value is -2.58. The number of nitrogens with zero attached hydrogens (tertiary/aromatic N) is 3. The van der Waals surface area contributed by atoms with Crippen LogP contribution in [0.15, 0.2) is 62.9 Å². The van der Waals surface area contributed by atoms with E-state index in [1.165, 1.54) is 18.0 Å². The molecule has 4 aromatic rings. The molecule has 0 aliphatic rings. The summed E-state index contributed by atoms with van der Waals surface area (Å²) in [5, 5.41) is 6.38. The highest BCUT2D eigenvalue weighted by molar-refractivity contribution is 9.10. The number of methoxy groups -OCH3 is 1. The zero-order valence-corrected chi connectivity index (χ0v) is 23.4. The molecule has 10 heteroatoms. The zero-order valence-electron chi connectivity index (χ0n) is 19.6. The average Bonchev–Trinajstić information content (AvgIpc) is 2.83. The Kier molecular flexibility index (Phi) is 8.25. The standard InChI is InChI=1S/C26H21BrCl3N3O3/c1-14(2)25-32-22-7-5-17(27)9-20(22)26(34)33(25)31-12-16-8-19(29)11-23(35-3)24(16)36-13-15-4-6-18(28)10-21(15)30/h4-12,14H,13H2,1-3H3. The number of benzene rings is 3. The number of rotatable bonds is 7. The van der Waals surface area contributed by atoms with E-state index in [9.17, 15) is 4.79 Å². The third kappa shape index (κ3) is 5.70. The van der Waals surface area contributed by atoms with Gasteiger partial charge in [0.1, 0.15) is 12.4 Å². The van der Waals surface area contributed by atoms with E-state index in [4.69, 9.17) is 44.3 Å². The van der Waals surface area contributed by atoms with E-state index in [1.807, 2.05) is 19.9 Å². The van der Waals surface area contributed by atoms with Crippen LogP contribution in [0.3, 0.4) is 0 Å². The third-order valence-corrected chi connectivity index (χ3v) is 6.62. The molecule has 0 bridgehead atoms. The Morgan fingerprint density at radius 2 is 1.86 bits per heavy atom. The highest BCUT2D eigenvalue weighted by atomic mass is 79.9. The molecule has 0 saturated heterocycles. The van der Waals surface area contributed by atoms with Crippen molar-refractivity contribution in [3.8, 4) is 11.5 Å². The molecule has 4 rings (SSSR count). The summed E-state index contributed by atoms with van der Waals surface area (Å²) in [7, 11) is 1.52. The first-order chi connectivity index (χ1) is 17.2. The molecule has 6 nitrogen and oxygen atoms in total. The predicted molar refractivity (Wildman–Crippen MR) is 150 cm³/mol. The number of halogens is 4. The minimum atomic E-state index is -0.286. The number of aromatic nitrogens is 2. The van der Waals surface area contributed by atoms with E-state index >= 15 is 0 Å². The summed E-state index contributed by atoms with van der Waals surface area (Å²) in [4.78, 5) is 18.0. The molecular weight excluding hydrogens is 589 g/mol. The van der Waals surface area contributed by atoms with E-state index in [0.29, 0.717) is 48.9 Å². The number of ether oxygens (including phenoxy) is 2. The van der Waals surface area contributed by atoms with Crippen LogP contribution >= 0.6 is 50.7 Å². The van der Waals surface area contributed by atoms with Crippen LogP contribution in [0, 0.1) is 0 Å². The topological polar surface area (TPSA) is 65.7 Å². The van der Waals surface area contributed by atoms with Crippen molar-refractivity contribution < 1.29 is 9.47 Å². The number of hydrogen-bond donors (Lipinski definition) is 0. The van der Waals surface area contributed by atoms with Gasteiger partial charge in [-0.2, -0.15) is 9.78 Å². The van der Waals surface area contributed by atoms with Crippen LogP contribution in [0.5, 0.6) is 11.5 Å². The molecule has 0 aliphatic carbocycles. The summed E-state index contributed by atoms with van der Waals surface area (Å²) in [5.74, 6) is 1.27. The predicted octanol–water partition coefficient (Wildman–Crippen LogP) is 7.71. The lowest BCUT2D eigenvalue weighted by Crippen LogP contribution is -2.23. The van der Waals surface area contributed by atoms with Crippen LogP contribution in [-0.4, -0.2) is 23.0 Å². The van der Waals surface area contributed by atoms with E-state index < -0.39 is 0 Å². The normalized spacial score (nSPS) is 11.6. The Bertz CT molecular complexity index is 1540. The molecule has 0 spiro atoms.